The second-order valence-corrected chi connectivity index (χ2v) is 4.59. The van der Waals surface area contributed by atoms with E-state index in [4.69, 9.17) is 23.7 Å². The highest BCUT2D eigenvalue weighted by atomic mass is 35.5. The summed E-state index contributed by atoms with van der Waals surface area (Å²) >= 11 is 9.94. The van der Waals surface area contributed by atoms with Gasteiger partial charge in [-0.15, -0.1) is 0 Å². The van der Waals surface area contributed by atoms with Crippen molar-refractivity contribution in [3.8, 4) is 0 Å². The van der Waals surface area contributed by atoms with Crippen molar-refractivity contribution < 1.29 is 12.7 Å². The quantitative estimate of drug-likeness (QED) is 0.744. The van der Waals surface area contributed by atoms with Gasteiger partial charge in [-0.1, -0.05) is 18.2 Å². The van der Waals surface area contributed by atoms with E-state index >= 15 is 0 Å². The highest BCUT2D eigenvalue weighted by molar-refractivity contribution is 7.63. The van der Waals surface area contributed by atoms with Crippen LogP contribution in [0.3, 0.4) is 0 Å². The number of halogens is 2. The van der Waals surface area contributed by atoms with Crippen LogP contribution in [0.5, 0.6) is 0 Å². The van der Waals surface area contributed by atoms with Gasteiger partial charge in [-0.05, 0) is 12.1 Å². The van der Waals surface area contributed by atoms with E-state index in [-0.39, 0.29) is 0 Å². The third-order valence-corrected chi connectivity index (χ3v) is 3.64. The predicted molar refractivity (Wildman–Crippen MR) is 47.6 cm³/mol. The monoisotopic (exact) mass is 226 g/mol. The summed E-state index contributed by atoms with van der Waals surface area (Å²) in [6.07, 6.45) is 0. The fraction of sp³-hybridized carbons (Fsp3) is 0. The van der Waals surface area contributed by atoms with Crippen LogP contribution in [0.15, 0.2) is 30.3 Å². The largest absolute Gasteiger partial charge is 0.393 e. The number of hydrogen-bond acceptors (Lipinski definition) is 3. The van der Waals surface area contributed by atoms with Gasteiger partial charge in [0.2, 0.25) is 0 Å². The second-order valence-electron chi connectivity index (χ2n) is 1.97. The fourth-order valence-electron chi connectivity index (χ4n) is 0.701. The first-order chi connectivity index (χ1) is 5.73. The molecule has 66 valence electrons. The first-order valence-corrected chi connectivity index (χ1v) is 5.15. The molecule has 0 saturated carbocycles. The van der Waals surface area contributed by atoms with Gasteiger partial charge in [-0.3, -0.25) is 4.57 Å². The molecule has 1 aromatic carbocycles. The first kappa shape index (κ1) is 10.0. The molecule has 0 fully saturated rings. The third kappa shape index (κ3) is 2.00. The molecule has 1 aromatic rings. The molecule has 0 aromatic heterocycles. The van der Waals surface area contributed by atoms with E-state index in [1.165, 1.54) is 0 Å². The zero-order valence-corrected chi connectivity index (χ0v) is 8.22. The van der Waals surface area contributed by atoms with Crippen molar-refractivity contribution in [1.29, 1.82) is 0 Å². The average Bonchev–Trinajstić information content (AvgIpc) is 2.18. The van der Waals surface area contributed by atoms with Crippen LogP contribution in [0.25, 0.3) is 0 Å². The lowest BCUT2D eigenvalue weighted by Gasteiger charge is -2.07. The molecule has 0 saturated heterocycles. The molecule has 0 radical (unpaired) electrons. The van der Waals surface area contributed by atoms with Gasteiger partial charge in [0.15, 0.2) is 0 Å². The van der Waals surface area contributed by atoms with Crippen molar-refractivity contribution in [2.75, 3.05) is 0 Å². The molecule has 0 amide bonds. The molecule has 0 bridgehead atoms. The van der Waals surface area contributed by atoms with Crippen molar-refractivity contribution in [3.63, 3.8) is 0 Å². The Morgan fingerprint density at radius 3 is 2.00 bits per heavy atom. The lowest BCUT2D eigenvalue weighted by molar-refractivity contribution is 0.430. The molecule has 0 aliphatic heterocycles. The van der Waals surface area contributed by atoms with Gasteiger partial charge in [-0.25, -0.2) is 0 Å². The standard InChI is InChI=1S/C6H5Cl2O3P/c7-10-12(9,11-8)6-4-2-1-3-5-6/h1-5H. The van der Waals surface area contributed by atoms with E-state index in [1.54, 1.807) is 30.3 Å². The Bertz CT molecular complexity index is 282. The Hall–Kier alpha value is -0.0500. The van der Waals surface area contributed by atoms with E-state index < -0.39 is 7.60 Å². The second kappa shape index (κ2) is 4.26. The number of benzene rings is 1. The van der Waals surface area contributed by atoms with Crippen LogP contribution >= 0.6 is 31.3 Å². The Kier molecular flexibility index (Phi) is 3.56. The van der Waals surface area contributed by atoms with Crippen LogP contribution in [0.2, 0.25) is 0 Å². The van der Waals surface area contributed by atoms with Crippen LogP contribution in [0.1, 0.15) is 0 Å². The molecule has 0 N–H and O–H groups in total. The summed E-state index contributed by atoms with van der Waals surface area (Å²) in [5.41, 5.74) is 0. The zero-order chi connectivity index (χ0) is 9.03. The maximum Gasteiger partial charge on any atom is 0.393 e. The van der Waals surface area contributed by atoms with Gasteiger partial charge in [-0.2, -0.15) is 8.15 Å². The summed E-state index contributed by atoms with van der Waals surface area (Å²) in [6.45, 7) is 0. The Morgan fingerprint density at radius 2 is 1.58 bits per heavy atom. The SMILES string of the molecule is O=P(OCl)(OCl)c1ccccc1. The van der Waals surface area contributed by atoms with Crippen molar-refractivity contribution in [2.24, 2.45) is 0 Å². The maximum atomic E-state index is 11.4. The molecular weight excluding hydrogens is 222 g/mol. The molecule has 0 spiro atoms. The minimum atomic E-state index is -3.50. The predicted octanol–water partition coefficient (Wildman–Crippen LogP) is 2.85. The van der Waals surface area contributed by atoms with Crippen LogP contribution in [0, 0.1) is 0 Å². The topological polar surface area (TPSA) is 35.5 Å². The van der Waals surface area contributed by atoms with Crippen LogP contribution in [-0.4, -0.2) is 0 Å². The van der Waals surface area contributed by atoms with Gasteiger partial charge >= 0.3 is 7.60 Å². The normalized spacial score (nSPS) is 11.5. The highest BCUT2D eigenvalue weighted by Crippen LogP contribution is 2.49. The molecule has 6 heteroatoms. The Labute approximate surface area is 80.1 Å². The molecule has 0 atom stereocenters. The molecule has 0 aliphatic rings. The zero-order valence-electron chi connectivity index (χ0n) is 5.81. The first-order valence-electron chi connectivity index (χ1n) is 2.99. The summed E-state index contributed by atoms with van der Waals surface area (Å²) in [5, 5.41) is 0.315. The van der Waals surface area contributed by atoms with Gasteiger partial charge in [0.1, 0.15) is 0 Å². The summed E-state index contributed by atoms with van der Waals surface area (Å²) in [4.78, 5) is 0. The van der Waals surface area contributed by atoms with Crippen LogP contribution in [-0.2, 0) is 12.7 Å². The van der Waals surface area contributed by atoms with E-state index in [0.717, 1.165) is 0 Å². The summed E-state index contributed by atoms with van der Waals surface area (Å²) in [7, 11) is -3.50. The number of hydrogen-bond donors (Lipinski definition) is 0. The lowest BCUT2D eigenvalue weighted by atomic mass is 10.4. The van der Waals surface area contributed by atoms with Crippen molar-refractivity contribution in [3.05, 3.63) is 30.3 Å². The van der Waals surface area contributed by atoms with Gasteiger partial charge in [0.05, 0.1) is 29.0 Å². The smallest absolute Gasteiger partial charge is 0.252 e. The van der Waals surface area contributed by atoms with Gasteiger partial charge in [0, 0.05) is 0 Å². The third-order valence-electron chi connectivity index (χ3n) is 1.25. The van der Waals surface area contributed by atoms with E-state index in [0.29, 0.717) is 5.30 Å². The maximum absolute atomic E-state index is 11.4. The van der Waals surface area contributed by atoms with E-state index in [1.807, 2.05) is 0 Å². The Morgan fingerprint density at radius 1 is 1.08 bits per heavy atom. The van der Waals surface area contributed by atoms with Gasteiger partial charge in [0.25, 0.3) is 0 Å². The van der Waals surface area contributed by atoms with Crippen molar-refractivity contribution >= 4 is 36.6 Å². The molecule has 0 unspecified atom stereocenters. The molecule has 12 heavy (non-hydrogen) atoms. The fourth-order valence-corrected chi connectivity index (χ4v) is 2.15. The molecule has 3 nitrogen and oxygen atoms in total. The highest BCUT2D eigenvalue weighted by Gasteiger charge is 2.27. The van der Waals surface area contributed by atoms with E-state index in [9.17, 15) is 4.57 Å². The minimum Gasteiger partial charge on any atom is -0.252 e. The summed E-state index contributed by atoms with van der Waals surface area (Å²) < 4.78 is 19.7. The molecule has 0 aliphatic carbocycles. The number of rotatable bonds is 3. The van der Waals surface area contributed by atoms with Crippen molar-refractivity contribution in [1.82, 2.24) is 0 Å². The van der Waals surface area contributed by atoms with Crippen molar-refractivity contribution in [2.45, 2.75) is 0 Å². The molecule has 0 heterocycles. The van der Waals surface area contributed by atoms with Crippen LogP contribution in [0.4, 0.5) is 0 Å². The van der Waals surface area contributed by atoms with E-state index in [2.05, 4.69) is 8.15 Å². The van der Waals surface area contributed by atoms with Gasteiger partial charge < -0.3 is 0 Å². The minimum absolute atomic E-state index is 0.315. The summed E-state index contributed by atoms with van der Waals surface area (Å²) in [6, 6.07) is 8.20. The Balaban J connectivity index is 3.04. The van der Waals surface area contributed by atoms with Crippen LogP contribution < -0.4 is 5.30 Å². The lowest BCUT2D eigenvalue weighted by Crippen LogP contribution is -2.03. The summed E-state index contributed by atoms with van der Waals surface area (Å²) in [5.74, 6) is 0. The molecular formula is C6H5Cl2O3P. The molecule has 1 rings (SSSR count). The average molecular weight is 227 g/mol.